The summed E-state index contributed by atoms with van der Waals surface area (Å²) in [5.41, 5.74) is 20.4. The number of ether oxygens (including phenoxy) is 1. The van der Waals surface area contributed by atoms with Crippen molar-refractivity contribution in [3.8, 4) is 23.0 Å². The number of hydrogen-bond acceptors (Lipinski definition) is 18. The van der Waals surface area contributed by atoms with Crippen LogP contribution in [0.1, 0.15) is 16.7 Å². The predicted octanol–water partition coefficient (Wildman–Crippen LogP) is 13.7. The van der Waals surface area contributed by atoms with Gasteiger partial charge in [-0.1, -0.05) is 91.4 Å². The Balaban J connectivity index is 1.12. The number of rotatable bonds is 31. The van der Waals surface area contributed by atoms with E-state index in [1.165, 1.54) is 28.4 Å². The lowest BCUT2D eigenvalue weighted by Gasteiger charge is -2.28. The summed E-state index contributed by atoms with van der Waals surface area (Å²) in [5, 5.41) is 15.3. The van der Waals surface area contributed by atoms with Gasteiger partial charge in [0.1, 0.15) is 35.1 Å². The van der Waals surface area contributed by atoms with Crippen molar-refractivity contribution < 1.29 is 45.8 Å². The average Bonchev–Trinajstić information content (AvgIpc) is 3.50. The van der Waals surface area contributed by atoms with Gasteiger partial charge in [-0.05, 0) is 119 Å². The molecule has 0 heterocycles. The second-order valence-electron chi connectivity index (χ2n) is 16.3. The van der Waals surface area contributed by atoms with Crippen LogP contribution in [0, 0.1) is 0 Å². The third kappa shape index (κ3) is 18.5. The molecule has 4 atom stereocenters. The summed E-state index contributed by atoms with van der Waals surface area (Å²) in [5.74, 6) is 2.11. The molecule has 0 aliphatic rings. The molecule has 79 heavy (non-hydrogen) atoms. The fourth-order valence-electron chi connectivity index (χ4n) is 7.22. The summed E-state index contributed by atoms with van der Waals surface area (Å²) in [7, 11) is -2.88. The highest BCUT2D eigenvalue weighted by Crippen LogP contribution is 2.76. The summed E-state index contributed by atoms with van der Waals surface area (Å²) >= 11 is 5.69. The van der Waals surface area contributed by atoms with Gasteiger partial charge in [0.2, 0.25) is 19.8 Å². The Bertz CT molecular complexity index is 3160. The van der Waals surface area contributed by atoms with Gasteiger partial charge < -0.3 is 32.2 Å². The van der Waals surface area contributed by atoms with Crippen molar-refractivity contribution in [2.24, 2.45) is 25.1 Å². The maximum absolute atomic E-state index is 12.9. The Labute approximate surface area is 470 Å². The van der Waals surface area contributed by atoms with Gasteiger partial charge in [-0.3, -0.25) is 23.3 Å². The van der Waals surface area contributed by atoms with Gasteiger partial charge in [-0.15, -0.1) is 5.10 Å². The van der Waals surface area contributed by atoms with Crippen molar-refractivity contribution in [3.63, 3.8) is 0 Å². The molecule has 0 aromatic heterocycles. The van der Waals surface area contributed by atoms with E-state index in [1.54, 1.807) is 65.2 Å². The zero-order valence-corrected chi connectivity index (χ0v) is 51.2. The van der Waals surface area contributed by atoms with Crippen LogP contribution in [0.15, 0.2) is 183 Å². The minimum absolute atomic E-state index is 0.0437. The maximum Gasteiger partial charge on any atom is 0.540 e. The molecule has 0 spiro atoms. The topological polar surface area (TPSA) is 252 Å². The zero-order valence-electron chi connectivity index (χ0n) is 43.8. The number of benzene rings is 6. The maximum atomic E-state index is 12.9. The molecular weight excluding hydrogens is 1170 g/mol. The lowest BCUT2D eigenvalue weighted by Crippen LogP contribution is -2.29. The molecule has 0 aliphatic heterocycles. The van der Waals surface area contributed by atoms with Gasteiger partial charge in [0.25, 0.3) is 0 Å². The molecule has 30 heteroatoms. The van der Waals surface area contributed by atoms with Gasteiger partial charge >= 0.3 is 22.3 Å². The third-order valence-corrected chi connectivity index (χ3v) is 26.6. The van der Waals surface area contributed by atoms with E-state index >= 15 is 0 Å². The fraction of sp³-hybridized carbons (Fsp3) is 0.224. The van der Waals surface area contributed by atoms with E-state index in [-0.39, 0.29) is 19.3 Å². The molecule has 22 nitrogen and oxygen atoms in total. The molecule has 0 N–H and O–H groups in total. The van der Waals surface area contributed by atoms with E-state index in [0.717, 1.165) is 32.6 Å². The van der Waals surface area contributed by atoms with Crippen LogP contribution >= 0.6 is 53.7 Å². The summed E-state index contributed by atoms with van der Waals surface area (Å²) < 4.78 is 74.0. The first-order chi connectivity index (χ1) is 38.2. The molecule has 4 unspecified atom stereocenters. The average molecular weight is 1220 g/mol. The smallest absolute Gasteiger partial charge is 0.471 e. The molecule has 0 radical (unpaired) electrons. The highest BCUT2D eigenvalue weighted by molar-refractivity contribution is 8.50. The van der Waals surface area contributed by atoms with Crippen molar-refractivity contribution in [3.05, 3.63) is 195 Å². The first kappa shape index (κ1) is 62.6. The van der Waals surface area contributed by atoms with E-state index in [1.807, 2.05) is 109 Å². The summed E-state index contributed by atoms with van der Waals surface area (Å²) in [6.07, 6.45) is 3.64. The van der Waals surface area contributed by atoms with E-state index < -0.39 is 44.8 Å². The van der Waals surface area contributed by atoms with Crippen LogP contribution in [0.25, 0.3) is 20.9 Å². The highest BCUT2D eigenvalue weighted by atomic mass is 32.4. The van der Waals surface area contributed by atoms with Crippen LogP contribution in [0.2, 0.25) is 0 Å². The Morgan fingerprint density at radius 3 is 1.66 bits per heavy atom. The summed E-state index contributed by atoms with van der Waals surface area (Å²) in [4.78, 5) is 16.2. The number of nitrogens with zero attached hydrogens (tertiary/aromatic N) is 12. The lowest BCUT2D eigenvalue weighted by atomic mass is 10.1. The van der Waals surface area contributed by atoms with Crippen LogP contribution in [-0.2, 0) is 45.5 Å². The van der Waals surface area contributed by atoms with Crippen LogP contribution < -0.4 is 34.5 Å². The molecule has 6 aromatic carbocycles. The van der Waals surface area contributed by atoms with Crippen molar-refractivity contribution in [2.75, 3.05) is 68.4 Å². The standard InChI is InChI=1S/C49H58N12O10P7S/c1-59(52-35-42-21-25-44(26-22-42)69-57-55-50)74(73(72)58-56-51)70-45-29-31-49(32-30-45)78(47-13-9-7-10-14-47,48-15-11-8-12-16-48)54-37-68-43-23-19-41(20-24-43)36-53-60(2)75(79)71-46-27-17-40(18-28-46)33-34-61(38-76(62,64-3)65-4)39-77(63,66-5)67-6/h7-32,35-36H,33-34,37-39,72H2,1-6H3/q+1. The van der Waals surface area contributed by atoms with Crippen LogP contribution in [0.5, 0.6) is 23.0 Å². The van der Waals surface area contributed by atoms with Gasteiger partial charge in [0.05, 0.1) is 34.0 Å². The Morgan fingerprint density at radius 1 is 0.646 bits per heavy atom. The molecular formula is C49H58N12O10P7S+. The first-order valence-electron chi connectivity index (χ1n) is 23.5. The van der Waals surface area contributed by atoms with Crippen LogP contribution in [0.3, 0.4) is 0 Å². The second-order valence-corrected chi connectivity index (χ2v) is 33.1. The normalized spacial score (nSPS) is 12.7. The molecule has 0 saturated carbocycles. The predicted molar refractivity (Wildman–Crippen MR) is 325 cm³/mol. The molecule has 0 fully saturated rings. The molecule has 0 aliphatic carbocycles. The van der Waals surface area contributed by atoms with Gasteiger partial charge in [0, 0.05) is 67.8 Å². The Hall–Kier alpha value is -5.62. The van der Waals surface area contributed by atoms with Gasteiger partial charge in [-0.2, -0.15) is 5.10 Å². The van der Waals surface area contributed by atoms with E-state index in [4.69, 9.17) is 58.8 Å². The molecule has 0 saturated heterocycles. The lowest BCUT2D eigenvalue weighted by molar-refractivity contribution is 0.224. The molecule has 0 bridgehead atoms. The largest absolute Gasteiger partial charge is 0.540 e. The van der Waals surface area contributed by atoms with Crippen LogP contribution in [-0.4, -0.2) is 95.3 Å². The van der Waals surface area contributed by atoms with Crippen molar-refractivity contribution >= 4 is 93.8 Å². The van der Waals surface area contributed by atoms with E-state index in [9.17, 15) is 14.7 Å². The monoisotopic (exact) mass is 1220 g/mol. The number of azide groups is 2. The van der Waals surface area contributed by atoms with Gasteiger partial charge in [0.15, 0.2) is 12.5 Å². The third-order valence-electron chi connectivity index (χ3n) is 11.3. The van der Waals surface area contributed by atoms with E-state index in [0.29, 0.717) is 36.0 Å². The summed E-state index contributed by atoms with van der Waals surface area (Å²) in [6.45, 7) is 0.406. The number of hydrazone groups is 2. The SMILES string of the molecule is COP(=O)(CN(CCc1ccc(O[P+](=S)N(C)N=Cc2ccc(OCN=P(c3ccccc3)(c3ccccc3)c3ccc(OP(N(C)N=Cc4ccc(ON=[N+]=[N-])cc4)P(P)N=[N+]=[N-])cc3)cc2)cc1)CP(=O)(OC)OC)OC. The van der Waals surface area contributed by atoms with Gasteiger partial charge in [-0.25, -0.2) is 4.78 Å². The number of hydrogen-bond donors (Lipinski definition) is 0. The summed E-state index contributed by atoms with van der Waals surface area (Å²) in [6, 6.07) is 49.9. The first-order valence-corrected chi connectivity index (χ1v) is 35.8. The van der Waals surface area contributed by atoms with Crippen LogP contribution in [0.4, 0.5) is 0 Å². The highest BCUT2D eigenvalue weighted by Gasteiger charge is 2.32. The molecule has 0 amide bonds. The fourth-order valence-corrected chi connectivity index (χ4v) is 18.7. The Kier molecular flexibility index (Phi) is 24.9. The second kappa shape index (κ2) is 31.4. The van der Waals surface area contributed by atoms with Crippen molar-refractivity contribution in [2.45, 2.75) is 6.42 Å². The Morgan fingerprint density at radius 2 is 1.14 bits per heavy atom. The van der Waals surface area contributed by atoms with Crippen molar-refractivity contribution in [1.29, 1.82) is 0 Å². The molecule has 414 valence electrons. The zero-order chi connectivity index (χ0) is 56.7. The molecule has 6 aromatic rings. The minimum atomic E-state index is -3.46. The quantitative estimate of drug-likeness (QED) is 0.00980. The van der Waals surface area contributed by atoms with E-state index in [2.05, 4.69) is 63.4 Å². The van der Waals surface area contributed by atoms with Crippen molar-refractivity contribution in [1.82, 2.24) is 14.5 Å². The minimum Gasteiger partial charge on any atom is -0.471 e. The molecule has 6 rings (SSSR count).